The van der Waals surface area contributed by atoms with E-state index in [9.17, 15) is 8.42 Å². The lowest BCUT2D eigenvalue weighted by atomic mass is 9.90. The minimum Gasteiger partial charge on any atom is -0.200 e. The number of hydrogen-bond acceptors (Lipinski definition) is 3. The Kier molecular flexibility index (Phi) is 4.31. The van der Waals surface area contributed by atoms with Gasteiger partial charge < -0.3 is 0 Å². The van der Waals surface area contributed by atoms with E-state index in [4.69, 9.17) is 0 Å². The summed E-state index contributed by atoms with van der Waals surface area (Å²) in [6.07, 6.45) is 2.77. The molecule has 0 spiro atoms. The lowest BCUT2D eigenvalue weighted by molar-refractivity contribution is 0.584. The Hall–Kier alpha value is -1.66. The summed E-state index contributed by atoms with van der Waals surface area (Å²) >= 11 is 3.29. The van der Waals surface area contributed by atoms with E-state index in [0.717, 1.165) is 35.0 Å². The van der Waals surface area contributed by atoms with E-state index in [2.05, 4.69) is 31.9 Å². The van der Waals surface area contributed by atoms with Crippen molar-refractivity contribution >= 4 is 31.7 Å². The maximum Gasteiger partial charge on any atom is 0.276 e. The maximum absolute atomic E-state index is 12.3. The topological polar surface area (TPSA) is 58.5 Å². The third kappa shape index (κ3) is 3.23. The number of rotatable bonds is 3. The molecule has 1 aliphatic carbocycles. The summed E-state index contributed by atoms with van der Waals surface area (Å²) in [4.78, 5) is 2.55. The fourth-order valence-corrected chi connectivity index (χ4v) is 3.59. The van der Waals surface area contributed by atoms with Gasteiger partial charge in [0.1, 0.15) is 0 Å². The zero-order valence-corrected chi connectivity index (χ0v) is 14.2. The first-order valence-electron chi connectivity index (χ1n) is 6.98. The van der Waals surface area contributed by atoms with Gasteiger partial charge in [0.15, 0.2) is 0 Å². The van der Waals surface area contributed by atoms with E-state index in [1.54, 1.807) is 24.3 Å². The molecular formula is C16H15BrN2O2S. The summed E-state index contributed by atoms with van der Waals surface area (Å²) in [6.45, 7) is 0. The van der Waals surface area contributed by atoms with Crippen LogP contribution in [0.15, 0.2) is 63.0 Å². The van der Waals surface area contributed by atoms with Crippen molar-refractivity contribution in [2.45, 2.75) is 24.2 Å². The van der Waals surface area contributed by atoms with Gasteiger partial charge in [-0.1, -0.05) is 40.2 Å². The Labute approximate surface area is 138 Å². The van der Waals surface area contributed by atoms with E-state index < -0.39 is 10.0 Å². The van der Waals surface area contributed by atoms with Crippen LogP contribution in [0.5, 0.6) is 0 Å². The number of hydrogen-bond donors (Lipinski definition) is 1. The van der Waals surface area contributed by atoms with Crippen LogP contribution < -0.4 is 4.83 Å². The number of nitrogens with one attached hydrogen (secondary N) is 1. The molecule has 0 unspecified atom stereocenters. The average Bonchev–Trinajstić information content (AvgIpc) is 2.53. The zero-order valence-electron chi connectivity index (χ0n) is 11.8. The first kappa shape index (κ1) is 15.2. The van der Waals surface area contributed by atoms with Crippen molar-refractivity contribution in [3.8, 4) is 0 Å². The number of halogens is 1. The van der Waals surface area contributed by atoms with Crippen molar-refractivity contribution in [3.05, 3.63) is 64.1 Å². The molecule has 3 rings (SSSR count). The second-order valence-electron chi connectivity index (χ2n) is 5.12. The van der Waals surface area contributed by atoms with Gasteiger partial charge in [-0.25, -0.2) is 0 Å². The predicted octanol–water partition coefficient (Wildman–Crippen LogP) is 3.47. The number of nitrogens with zero attached hydrogens (tertiary/aromatic N) is 1. The lowest BCUT2D eigenvalue weighted by Crippen LogP contribution is -2.22. The monoisotopic (exact) mass is 378 g/mol. The molecule has 0 saturated carbocycles. The Morgan fingerprint density at radius 1 is 1.00 bits per heavy atom. The first-order valence-corrected chi connectivity index (χ1v) is 9.26. The fraction of sp³-hybridized carbons (Fsp3) is 0.188. The molecule has 0 bridgehead atoms. The third-order valence-electron chi connectivity index (χ3n) is 3.61. The number of aryl methyl sites for hydroxylation is 1. The van der Waals surface area contributed by atoms with Crippen LogP contribution in [0.1, 0.15) is 24.0 Å². The summed E-state index contributed by atoms with van der Waals surface area (Å²) in [6, 6.07) is 14.5. The zero-order chi connectivity index (χ0) is 15.6. The molecule has 2 aromatic carbocycles. The summed E-state index contributed by atoms with van der Waals surface area (Å²) in [5, 5.41) is 4.16. The predicted molar refractivity (Wildman–Crippen MR) is 90.4 cm³/mol. The van der Waals surface area contributed by atoms with Gasteiger partial charge in [-0.05, 0) is 49.1 Å². The molecule has 1 N–H and O–H groups in total. The molecule has 22 heavy (non-hydrogen) atoms. The molecule has 0 atom stereocenters. The molecule has 0 fully saturated rings. The van der Waals surface area contributed by atoms with Crippen molar-refractivity contribution < 1.29 is 8.42 Å². The van der Waals surface area contributed by atoms with Gasteiger partial charge in [0.05, 0.1) is 10.6 Å². The second kappa shape index (κ2) is 6.22. The minimum atomic E-state index is -3.64. The fourth-order valence-electron chi connectivity index (χ4n) is 2.50. The Morgan fingerprint density at radius 3 is 2.50 bits per heavy atom. The first-order chi connectivity index (χ1) is 10.6. The standard InChI is InChI=1S/C16H15BrN2O2S/c17-13-8-10-14(11-9-13)22(20,21)19-18-16-7-3-5-12-4-1-2-6-15(12)16/h1-2,4,6,8-11,19H,3,5,7H2/b18-16+. The summed E-state index contributed by atoms with van der Waals surface area (Å²) in [7, 11) is -3.64. The third-order valence-corrected chi connectivity index (χ3v) is 5.37. The van der Waals surface area contributed by atoms with E-state index in [1.807, 2.05) is 18.2 Å². The minimum absolute atomic E-state index is 0.198. The van der Waals surface area contributed by atoms with Gasteiger partial charge >= 0.3 is 0 Å². The SMILES string of the molecule is O=S(=O)(N/N=C1\CCCc2ccccc21)c1ccc(Br)cc1. The van der Waals surface area contributed by atoms with Gasteiger partial charge in [0.25, 0.3) is 10.0 Å². The van der Waals surface area contributed by atoms with Gasteiger partial charge in [-0.2, -0.15) is 18.4 Å². The second-order valence-corrected chi connectivity index (χ2v) is 7.69. The normalized spacial score (nSPS) is 16.3. The van der Waals surface area contributed by atoms with E-state index in [-0.39, 0.29) is 4.90 Å². The highest BCUT2D eigenvalue weighted by molar-refractivity contribution is 9.10. The van der Waals surface area contributed by atoms with Crippen LogP contribution in [-0.2, 0) is 16.4 Å². The van der Waals surface area contributed by atoms with Crippen molar-refractivity contribution in [2.24, 2.45) is 5.10 Å². The van der Waals surface area contributed by atoms with E-state index >= 15 is 0 Å². The molecule has 2 aromatic rings. The quantitative estimate of drug-likeness (QED) is 0.831. The van der Waals surface area contributed by atoms with Gasteiger partial charge in [-0.3, -0.25) is 0 Å². The molecule has 4 nitrogen and oxygen atoms in total. The molecule has 114 valence electrons. The average molecular weight is 379 g/mol. The Morgan fingerprint density at radius 2 is 1.73 bits per heavy atom. The molecule has 0 radical (unpaired) electrons. The van der Waals surface area contributed by atoms with Gasteiger partial charge in [0.2, 0.25) is 0 Å². The van der Waals surface area contributed by atoms with Crippen LogP contribution in [0.25, 0.3) is 0 Å². The number of fused-ring (bicyclic) bond motifs is 1. The van der Waals surface area contributed by atoms with E-state index in [0.29, 0.717) is 0 Å². The Balaban J connectivity index is 1.87. The number of sulfonamides is 1. The van der Waals surface area contributed by atoms with E-state index in [1.165, 1.54) is 5.56 Å². The molecule has 0 aliphatic heterocycles. The highest BCUT2D eigenvalue weighted by Crippen LogP contribution is 2.21. The number of benzene rings is 2. The van der Waals surface area contributed by atoms with Crippen LogP contribution in [0, 0.1) is 0 Å². The largest absolute Gasteiger partial charge is 0.276 e. The smallest absolute Gasteiger partial charge is 0.200 e. The summed E-state index contributed by atoms with van der Waals surface area (Å²) in [5.41, 5.74) is 3.05. The van der Waals surface area contributed by atoms with Crippen LogP contribution in [0.2, 0.25) is 0 Å². The molecule has 1 aliphatic rings. The van der Waals surface area contributed by atoms with Crippen molar-refractivity contribution in [1.29, 1.82) is 0 Å². The highest BCUT2D eigenvalue weighted by Gasteiger charge is 2.17. The lowest BCUT2D eigenvalue weighted by Gasteiger charge is -2.17. The highest BCUT2D eigenvalue weighted by atomic mass is 79.9. The van der Waals surface area contributed by atoms with Crippen molar-refractivity contribution in [1.82, 2.24) is 4.83 Å². The van der Waals surface area contributed by atoms with Crippen LogP contribution in [0.4, 0.5) is 0 Å². The molecule has 0 amide bonds. The Bertz CT molecular complexity index is 814. The summed E-state index contributed by atoms with van der Waals surface area (Å²) in [5.74, 6) is 0. The van der Waals surface area contributed by atoms with Gasteiger partial charge in [0, 0.05) is 10.0 Å². The van der Waals surface area contributed by atoms with Crippen LogP contribution >= 0.6 is 15.9 Å². The molecule has 0 saturated heterocycles. The molecular weight excluding hydrogens is 364 g/mol. The molecule has 6 heteroatoms. The maximum atomic E-state index is 12.3. The molecule has 0 heterocycles. The van der Waals surface area contributed by atoms with Crippen molar-refractivity contribution in [3.63, 3.8) is 0 Å². The summed E-state index contributed by atoms with van der Waals surface area (Å²) < 4.78 is 25.4. The van der Waals surface area contributed by atoms with Crippen molar-refractivity contribution in [2.75, 3.05) is 0 Å². The van der Waals surface area contributed by atoms with Crippen LogP contribution in [0.3, 0.4) is 0 Å². The van der Waals surface area contributed by atoms with Crippen LogP contribution in [-0.4, -0.2) is 14.1 Å². The molecule has 0 aromatic heterocycles. The number of hydrazone groups is 1. The van der Waals surface area contributed by atoms with Gasteiger partial charge in [-0.15, -0.1) is 0 Å².